The molecule has 12 heteroatoms. The Morgan fingerprint density at radius 3 is 2.54 bits per heavy atom. The first-order chi connectivity index (χ1) is 13.3. The molecule has 3 aromatic heterocycles. The summed E-state index contributed by atoms with van der Waals surface area (Å²) in [5.41, 5.74) is 1.82. The van der Waals surface area contributed by atoms with Crippen molar-refractivity contribution in [2.75, 3.05) is 31.1 Å². The standard InChI is InChI=1S/C16H13BrF3N7O/c17-9-7-11-13(21-8-9)23-14(22-11)10-1-2-12(25-24-10)26-3-5-27(6-4-26)15(28)16(18,19)20/h1-2,7-8H,3-6H2,(H,21,22,23). The molecule has 28 heavy (non-hydrogen) atoms. The van der Waals surface area contributed by atoms with E-state index in [0.717, 1.165) is 9.37 Å². The highest BCUT2D eigenvalue weighted by molar-refractivity contribution is 9.10. The normalized spacial score (nSPS) is 15.3. The minimum atomic E-state index is -4.85. The van der Waals surface area contributed by atoms with Crippen LogP contribution in [0.3, 0.4) is 0 Å². The number of nitrogens with zero attached hydrogens (tertiary/aromatic N) is 6. The number of alkyl halides is 3. The van der Waals surface area contributed by atoms with Crippen molar-refractivity contribution in [3.8, 4) is 11.5 Å². The number of rotatable bonds is 2. The molecule has 1 aliphatic heterocycles. The Morgan fingerprint density at radius 1 is 1.14 bits per heavy atom. The van der Waals surface area contributed by atoms with Gasteiger partial charge in [0, 0.05) is 36.8 Å². The molecule has 0 bridgehead atoms. The Kier molecular flexibility index (Phi) is 4.65. The number of carbonyl (C=O) groups is 1. The van der Waals surface area contributed by atoms with Crippen LogP contribution in [-0.4, -0.2) is 68.3 Å². The molecular formula is C16H13BrF3N7O. The van der Waals surface area contributed by atoms with E-state index in [1.54, 1.807) is 23.2 Å². The number of nitrogens with one attached hydrogen (secondary N) is 1. The summed E-state index contributed by atoms with van der Waals surface area (Å²) in [5, 5.41) is 8.30. The van der Waals surface area contributed by atoms with Crippen LogP contribution in [-0.2, 0) is 4.79 Å². The first-order valence-electron chi connectivity index (χ1n) is 8.28. The van der Waals surface area contributed by atoms with E-state index in [0.29, 0.717) is 28.5 Å². The predicted molar refractivity (Wildman–Crippen MR) is 97.5 cm³/mol. The Hall–Kier alpha value is -2.76. The number of hydrogen-bond acceptors (Lipinski definition) is 6. The summed E-state index contributed by atoms with van der Waals surface area (Å²) in [7, 11) is 0. The number of fused-ring (bicyclic) bond motifs is 1. The van der Waals surface area contributed by atoms with Gasteiger partial charge < -0.3 is 14.8 Å². The van der Waals surface area contributed by atoms with Crippen molar-refractivity contribution in [3.05, 3.63) is 28.9 Å². The molecule has 8 nitrogen and oxygen atoms in total. The highest BCUT2D eigenvalue weighted by atomic mass is 79.9. The van der Waals surface area contributed by atoms with E-state index in [2.05, 4.69) is 41.1 Å². The van der Waals surface area contributed by atoms with Gasteiger partial charge in [-0.05, 0) is 34.1 Å². The molecule has 1 fully saturated rings. The fraction of sp³-hybridized carbons (Fsp3) is 0.312. The predicted octanol–water partition coefficient (Wildman–Crippen LogP) is 2.39. The summed E-state index contributed by atoms with van der Waals surface area (Å²) in [6.45, 7) is 0.453. The van der Waals surface area contributed by atoms with E-state index in [1.807, 2.05) is 6.07 Å². The third kappa shape index (κ3) is 3.63. The molecule has 0 spiro atoms. The number of H-pyrrole nitrogens is 1. The van der Waals surface area contributed by atoms with Gasteiger partial charge in [0.1, 0.15) is 11.2 Å². The van der Waals surface area contributed by atoms with Crippen molar-refractivity contribution in [2.24, 2.45) is 0 Å². The molecule has 0 unspecified atom stereocenters. The van der Waals surface area contributed by atoms with Crippen LogP contribution in [0, 0.1) is 0 Å². The summed E-state index contributed by atoms with van der Waals surface area (Å²) in [6, 6.07) is 5.27. The molecule has 0 aromatic carbocycles. The number of amides is 1. The second-order valence-corrected chi connectivity index (χ2v) is 7.08. The summed E-state index contributed by atoms with van der Waals surface area (Å²) in [6.07, 6.45) is -3.19. The minimum Gasteiger partial charge on any atom is -0.352 e. The molecule has 0 saturated carbocycles. The van der Waals surface area contributed by atoms with Gasteiger partial charge in [0.2, 0.25) is 0 Å². The van der Waals surface area contributed by atoms with Crippen molar-refractivity contribution >= 4 is 38.8 Å². The molecule has 1 amide bonds. The number of pyridine rings is 1. The molecule has 1 N–H and O–H groups in total. The fourth-order valence-corrected chi connectivity index (χ4v) is 3.25. The zero-order valence-electron chi connectivity index (χ0n) is 14.2. The van der Waals surface area contributed by atoms with Gasteiger partial charge in [0.15, 0.2) is 17.3 Å². The molecule has 3 aromatic rings. The van der Waals surface area contributed by atoms with Crippen LogP contribution < -0.4 is 4.90 Å². The van der Waals surface area contributed by atoms with E-state index in [-0.39, 0.29) is 26.2 Å². The second kappa shape index (κ2) is 7.00. The Balaban J connectivity index is 1.46. The van der Waals surface area contributed by atoms with E-state index < -0.39 is 12.1 Å². The Labute approximate surface area is 164 Å². The molecule has 0 radical (unpaired) electrons. The van der Waals surface area contributed by atoms with Crippen molar-refractivity contribution in [1.29, 1.82) is 0 Å². The van der Waals surface area contributed by atoms with E-state index in [4.69, 9.17) is 0 Å². The summed E-state index contributed by atoms with van der Waals surface area (Å²) in [4.78, 5) is 25.6. The maximum atomic E-state index is 12.5. The maximum Gasteiger partial charge on any atom is 0.471 e. The molecule has 4 heterocycles. The van der Waals surface area contributed by atoms with Crippen LogP contribution in [0.2, 0.25) is 0 Å². The van der Waals surface area contributed by atoms with Gasteiger partial charge >= 0.3 is 12.1 Å². The molecule has 146 valence electrons. The van der Waals surface area contributed by atoms with Gasteiger partial charge in [0.25, 0.3) is 0 Å². The average molecular weight is 456 g/mol. The van der Waals surface area contributed by atoms with Gasteiger partial charge in [-0.3, -0.25) is 4.79 Å². The average Bonchev–Trinajstić information content (AvgIpc) is 3.10. The Morgan fingerprint density at radius 2 is 1.89 bits per heavy atom. The second-order valence-electron chi connectivity index (χ2n) is 6.16. The van der Waals surface area contributed by atoms with E-state index >= 15 is 0 Å². The number of halogens is 4. The van der Waals surface area contributed by atoms with Crippen LogP contribution in [0.5, 0.6) is 0 Å². The third-order valence-corrected chi connectivity index (χ3v) is 4.76. The lowest BCUT2D eigenvalue weighted by Gasteiger charge is -2.35. The van der Waals surface area contributed by atoms with Crippen molar-refractivity contribution in [2.45, 2.75) is 6.18 Å². The fourth-order valence-electron chi connectivity index (χ4n) is 2.93. The number of aromatic nitrogens is 5. The molecule has 0 atom stereocenters. The van der Waals surface area contributed by atoms with Gasteiger partial charge in [-0.2, -0.15) is 13.2 Å². The van der Waals surface area contributed by atoms with Crippen LogP contribution in [0.15, 0.2) is 28.9 Å². The number of hydrogen-bond donors (Lipinski definition) is 1. The van der Waals surface area contributed by atoms with Crippen molar-refractivity contribution < 1.29 is 18.0 Å². The molecular weight excluding hydrogens is 443 g/mol. The monoisotopic (exact) mass is 455 g/mol. The SMILES string of the molecule is O=C(N1CCN(c2ccc(-c3nc4cc(Br)cnc4[nH]3)nn2)CC1)C(F)(F)F. The highest BCUT2D eigenvalue weighted by Crippen LogP contribution is 2.23. The highest BCUT2D eigenvalue weighted by Gasteiger charge is 2.43. The number of carbonyl (C=O) groups excluding carboxylic acids is 1. The Bertz CT molecular complexity index is 1010. The zero-order valence-corrected chi connectivity index (χ0v) is 15.8. The van der Waals surface area contributed by atoms with Crippen molar-refractivity contribution in [1.82, 2.24) is 30.0 Å². The third-order valence-electron chi connectivity index (χ3n) is 4.33. The molecule has 1 aliphatic rings. The van der Waals surface area contributed by atoms with E-state index in [9.17, 15) is 18.0 Å². The van der Waals surface area contributed by atoms with Gasteiger partial charge in [-0.15, -0.1) is 10.2 Å². The topological polar surface area (TPSA) is 90.9 Å². The number of piperazine rings is 1. The van der Waals surface area contributed by atoms with E-state index in [1.165, 1.54) is 0 Å². The quantitative estimate of drug-likeness (QED) is 0.637. The minimum absolute atomic E-state index is 0.0219. The van der Waals surface area contributed by atoms with Gasteiger partial charge in [-0.1, -0.05) is 0 Å². The van der Waals surface area contributed by atoms with Gasteiger partial charge in [0.05, 0.1) is 0 Å². The first kappa shape index (κ1) is 18.6. The van der Waals surface area contributed by atoms with Crippen LogP contribution >= 0.6 is 15.9 Å². The summed E-state index contributed by atoms with van der Waals surface area (Å²) >= 11 is 3.34. The summed E-state index contributed by atoms with van der Waals surface area (Å²) < 4.78 is 38.4. The van der Waals surface area contributed by atoms with Gasteiger partial charge in [-0.25, -0.2) is 9.97 Å². The summed E-state index contributed by atoms with van der Waals surface area (Å²) in [5.74, 6) is -0.765. The van der Waals surface area contributed by atoms with Crippen LogP contribution in [0.1, 0.15) is 0 Å². The lowest BCUT2D eigenvalue weighted by molar-refractivity contribution is -0.185. The molecule has 4 rings (SSSR count). The number of anilines is 1. The van der Waals surface area contributed by atoms with Crippen LogP contribution in [0.4, 0.5) is 19.0 Å². The lowest BCUT2D eigenvalue weighted by atomic mass is 10.3. The number of imidazole rings is 1. The maximum absolute atomic E-state index is 12.5. The first-order valence-corrected chi connectivity index (χ1v) is 9.07. The smallest absolute Gasteiger partial charge is 0.352 e. The zero-order chi connectivity index (χ0) is 19.9. The van der Waals surface area contributed by atoms with Crippen LogP contribution in [0.25, 0.3) is 22.7 Å². The largest absolute Gasteiger partial charge is 0.471 e. The molecule has 1 saturated heterocycles. The molecule has 0 aliphatic carbocycles. The lowest BCUT2D eigenvalue weighted by Crippen LogP contribution is -2.52. The van der Waals surface area contributed by atoms with Crippen molar-refractivity contribution in [3.63, 3.8) is 0 Å². The number of aromatic amines is 1.